The van der Waals surface area contributed by atoms with Crippen LogP contribution >= 0.6 is 0 Å². The second kappa shape index (κ2) is 5.63. The lowest BCUT2D eigenvalue weighted by Crippen LogP contribution is -2.33. The number of benzene rings is 1. The van der Waals surface area contributed by atoms with Crippen molar-refractivity contribution in [1.82, 2.24) is 4.90 Å². The van der Waals surface area contributed by atoms with E-state index in [0.717, 1.165) is 13.1 Å². The zero-order chi connectivity index (χ0) is 13.0. The molecule has 18 heavy (non-hydrogen) atoms. The minimum Gasteiger partial charge on any atom is -0.393 e. The molecule has 0 unspecified atom stereocenters. The largest absolute Gasteiger partial charge is 0.393 e. The zero-order valence-corrected chi connectivity index (χ0v) is 10.8. The third kappa shape index (κ3) is 3.40. The molecule has 1 heterocycles. The maximum Gasteiger partial charge on any atom is 0.147 e. The lowest BCUT2D eigenvalue weighted by molar-refractivity contribution is 0.0788. The summed E-state index contributed by atoms with van der Waals surface area (Å²) < 4.78 is 13.9. The van der Waals surface area contributed by atoms with E-state index in [1.165, 1.54) is 11.1 Å². The molecule has 0 radical (unpaired) electrons. The lowest BCUT2D eigenvalue weighted by Gasteiger charge is -2.19. The number of alkyl halides is 1. The van der Waals surface area contributed by atoms with Crippen LogP contribution in [0.4, 0.5) is 4.39 Å². The van der Waals surface area contributed by atoms with Crippen LogP contribution in [-0.2, 0) is 0 Å². The van der Waals surface area contributed by atoms with Gasteiger partial charge in [-0.2, -0.15) is 0 Å². The van der Waals surface area contributed by atoms with Crippen LogP contribution in [0.3, 0.4) is 0 Å². The molecule has 1 N–H and O–H groups in total. The predicted octanol–water partition coefficient (Wildman–Crippen LogP) is 2.50. The van der Waals surface area contributed by atoms with Crippen LogP contribution in [0.5, 0.6) is 0 Å². The van der Waals surface area contributed by atoms with Crippen LogP contribution in [-0.4, -0.2) is 41.9 Å². The molecule has 1 saturated heterocycles. The third-order valence-corrected chi connectivity index (χ3v) is 3.35. The Morgan fingerprint density at radius 1 is 1.44 bits per heavy atom. The Bertz CT molecular complexity index is 418. The highest BCUT2D eigenvalue weighted by Crippen LogP contribution is 2.25. The van der Waals surface area contributed by atoms with Crippen molar-refractivity contribution in [3.05, 3.63) is 41.5 Å². The molecule has 2 rings (SSSR count). The van der Waals surface area contributed by atoms with E-state index in [2.05, 4.69) is 30.0 Å². The van der Waals surface area contributed by atoms with Gasteiger partial charge in [0.1, 0.15) is 5.67 Å². The van der Waals surface area contributed by atoms with E-state index in [0.29, 0.717) is 13.0 Å². The fourth-order valence-electron chi connectivity index (χ4n) is 2.41. The molecule has 0 spiro atoms. The normalized spacial score (nSPS) is 25.6. The Morgan fingerprint density at radius 3 is 2.78 bits per heavy atom. The van der Waals surface area contributed by atoms with Crippen molar-refractivity contribution in [2.75, 3.05) is 26.2 Å². The topological polar surface area (TPSA) is 23.5 Å². The first-order valence-corrected chi connectivity index (χ1v) is 6.36. The van der Waals surface area contributed by atoms with Crippen molar-refractivity contribution in [2.24, 2.45) is 0 Å². The van der Waals surface area contributed by atoms with Crippen molar-refractivity contribution < 1.29 is 9.50 Å². The van der Waals surface area contributed by atoms with E-state index in [1.807, 2.05) is 18.2 Å². The number of hydrogen-bond acceptors (Lipinski definition) is 2. The smallest absolute Gasteiger partial charge is 0.147 e. The summed E-state index contributed by atoms with van der Waals surface area (Å²) >= 11 is 0. The SMILES string of the molecule is CC(=Cc1ccccc1)CN1CC[C@@](F)(CO)C1. The number of rotatable bonds is 4. The standard InChI is InChI=1S/C15H20FNO/c1-13(9-14-5-3-2-4-6-14)10-17-8-7-15(16,11-17)12-18/h2-6,9,18H,7-8,10-12H2,1H3/t15-/m0/s1. The molecule has 3 heteroatoms. The molecule has 1 aliphatic rings. The molecule has 2 nitrogen and oxygen atoms in total. The fraction of sp³-hybridized carbons (Fsp3) is 0.467. The van der Waals surface area contributed by atoms with Crippen LogP contribution in [0, 0.1) is 0 Å². The number of aliphatic hydroxyl groups excluding tert-OH is 1. The van der Waals surface area contributed by atoms with Gasteiger partial charge in [-0.15, -0.1) is 0 Å². The van der Waals surface area contributed by atoms with Gasteiger partial charge in [-0.25, -0.2) is 4.39 Å². The number of nitrogens with zero attached hydrogens (tertiary/aromatic N) is 1. The number of likely N-dealkylation sites (tertiary alicyclic amines) is 1. The molecule has 0 aromatic heterocycles. The molecular weight excluding hydrogens is 229 g/mol. The van der Waals surface area contributed by atoms with Gasteiger partial charge in [0.15, 0.2) is 0 Å². The Morgan fingerprint density at radius 2 is 2.17 bits per heavy atom. The summed E-state index contributed by atoms with van der Waals surface area (Å²) in [6.07, 6.45) is 2.55. The van der Waals surface area contributed by atoms with Crippen molar-refractivity contribution in [1.29, 1.82) is 0 Å². The Balaban J connectivity index is 1.93. The van der Waals surface area contributed by atoms with Crippen molar-refractivity contribution >= 4 is 6.08 Å². The number of aliphatic hydroxyl groups is 1. The summed E-state index contributed by atoms with van der Waals surface area (Å²) in [6, 6.07) is 10.1. The van der Waals surface area contributed by atoms with Gasteiger partial charge in [-0.3, -0.25) is 4.90 Å². The summed E-state index contributed by atoms with van der Waals surface area (Å²) in [5.74, 6) is 0. The highest BCUT2D eigenvalue weighted by molar-refractivity contribution is 5.52. The highest BCUT2D eigenvalue weighted by atomic mass is 19.1. The van der Waals surface area contributed by atoms with Gasteiger partial charge in [-0.1, -0.05) is 42.0 Å². The Hall–Kier alpha value is -1.19. The molecule has 0 amide bonds. The van der Waals surface area contributed by atoms with Gasteiger partial charge in [0.2, 0.25) is 0 Å². The molecule has 0 saturated carbocycles. The fourth-order valence-corrected chi connectivity index (χ4v) is 2.41. The minimum absolute atomic E-state index is 0.337. The third-order valence-electron chi connectivity index (χ3n) is 3.35. The first kappa shape index (κ1) is 13.2. The van der Waals surface area contributed by atoms with Crippen LogP contribution in [0.2, 0.25) is 0 Å². The van der Waals surface area contributed by atoms with Gasteiger partial charge in [0.25, 0.3) is 0 Å². The van der Waals surface area contributed by atoms with Gasteiger partial charge in [0, 0.05) is 19.6 Å². The summed E-state index contributed by atoms with van der Waals surface area (Å²) in [5, 5.41) is 9.00. The second-order valence-electron chi connectivity index (χ2n) is 5.17. The minimum atomic E-state index is -1.40. The van der Waals surface area contributed by atoms with Gasteiger partial charge >= 0.3 is 0 Å². The van der Waals surface area contributed by atoms with E-state index >= 15 is 0 Å². The van der Waals surface area contributed by atoms with E-state index in [-0.39, 0.29) is 6.61 Å². The van der Waals surface area contributed by atoms with Crippen LogP contribution in [0.25, 0.3) is 6.08 Å². The molecule has 0 aliphatic carbocycles. The van der Waals surface area contributed by atoms with E-state index in [9.17, 15) is 4.39 Å². The average molecular weight is 249 g/mol. The number of hydrogen-bond donors (Lipinski definition) is 1. The van der Waals surface area contributed by atoms with E-state index < -0.39 is 5.67 Å². The Kier molecular flexibility index (Phi) is 4.15. The van der Waals surface area contributed by atoms with Crippen molar-refractivity contribution in [3.8, 4) is 0 Å². The van der Waals surface area contributed by atoms with Crippen molar-refractivity contribution in [3.63, 3.8) is 0 Å². The van der Waals surface area contributed by atoms with Gasteiger partial charge in [0.05, 0.1) is 6.61 Å². The first-order chi connectivity index (χ1) is 8.61. The molecular formula is C15H20FNO. The second-order valence-corrected chi connectivity index (χ2v) is 5.17. The number of halogens is 1. The lowest BCUT2D eigenvalue weighted by atomic mass is 10.1. The molecule has 1 aromatic carbocycles. The molecule has 98 valence electrons. The molecule has 1 fully saturated rings. The predicted molar refractivity (Wildman–Crippen MR) is 72.1 cm³/mol. The monoisotopic (exact) mass is 249 g/mol. The molecule has 1 aliphatic heterocycles. The summed E-state index contributed by atoms with van der Waals surface area (Å²) in [7, 11) is 0. The summed E-state index contributed by atoms with van der Waals surface area (Å²) in [4.78, 5) is 2.06. The zero-order valence-electron chi connectivity index (χ0n) is 10.8. The van der Waals surface area contributed by atoms with Gasteiger partial charge in [-0.05, 0) is 18.9 Å². The molecule has 0 bridgehead atoms. The summed E-state index contributed by atoms with van der Waals surface area (Å²) in [5.41, 5.74) is 0.985. The van der Waals surface area contributed by atoms with Gasteiger partial charge < -0.3 is 5.11 Å². The average Bonchev–Trinajstić information content (AvgIpc) is 2.73. The Labute approximate surface area is 108 Å². The maximum atomic E-state index is 13.9. The summed E-state index contributed by atoms with van der Waals surface area (Å²) in [6.45, 7) is 3.51. The molecule has 1 aromatic rings. The van der Waals surface area contributed by atoms with Crippen LogP contribution in [0.15, 0.2) is 35.9 Å². The van der Waals surface area contributed by atoms with Crippen LogP contribution < -0.4 is 0 Å². The highest BCUT2D eigenvalue weighted by Gasteiger charge is 2.37. The van der Waals surface area contributed by atoms with Crippen molar-refractivity contribution in [2.45, 2.75) is 19.0 Å². The molecule has 1 atom stereocenters. The maximum absolute atomic E-state index is 13.9. The first-order valence-electron chi connectivity index (χ1n) is 6.36. The quantitative estimate of drug-likeness (QED) is 0.886. The van der Waals surface area contributed by atoms with E-state index in [4.69, 9.17) is 5.11 Å². The van der Waals surface area contributed by atoms with E-state index in [1.54, 1.807) is 0 Å². The van der Waals surface area contributed by atoms with Crippen LogP contribution in [0.1, 0.15) is 18.9 Å².